The van der Waals surface area contributed by atoms with E-state index in [4.69, 9.17) is 9.40 Å². The maximum Gasteiger partial charge on any atom is 0.144 e. The minimum Gasteiger partial charge on any atom is -0.456 e. The topological polar surface area (TPSA) is 31.0 Å². The molecule has 3 heteroatoms. The third-order valence-corrected chi connectivity index (χ3v) is 5.87. The first-order valence-electron chi connectivity index (χ1n) is 10.6. The van der Waals surface area contributed by atoms with E-state index in [0.29, 0.717) is 11.8 Å². The molecule has 0 saturated heterocycles. The molecule has 3 aromatic carbocycles. The van der Waals surface area contributed by atoms with Crippen molar-refractivity contribution >= 4 is 21.9 Å². The summed E-state index contributed by atoms with van der Waals surface area (Å²) in [5.74, 6) is 1.78. The van der Waals surface area contributed by atoms with Crippen molar-refractivity contribution in [1.29, 1.82) is 0 Å². The highest BCUT2D eigenvalue weighted by Gasteiger charge is 2.21. The van der Waals surface area contributed by atoms with Gasteiger partial charge in [0.25, 0.3) is 0 Å². The van der Waals surface area contributed by atoms with Crippen molar-refractivity contribution in [2.24, 2.45) is 0 Å². The van der Waals surface area contributed by atoms with E-state index in [1.807, 2.05) is 12.3 Å². The fourth-order valence-electron chi connectivity index (χ4n) is 4.25. The van der Waals surface area contributed by atoms with Crippen LogP contribution in [0.2, 0.25) is 0 Å². The molecule has 5 rings (SSSR count). The Morgan fingerprint density at radius 3 is 2.33 bits per heavy atom. The van der Waals surface area contributed by atoms with Crippen LogP contribution in [0, 0.1) is 0 Å². The van der Waals surface area contributed by atoms with Gasteiger partial charge in [0, 0.05) is 23.3 Å². The molecule has 0 saturated carbocycles. The second kappa shape index (κ2) is 7.17. The maximum atomic E-state index is 6.27. The molecule has 0 aliphatic heterocycles. The van der Waals surface area contributed by atoms with E-state index in [2.05, 4.69) is 93.1 Å². The van der Waals surface area contributed by atoms with Gasteiger partial charge in [-0.25, -0.2) is 4.98 Å². The zero-order valence-corrected chi connectivity index (χ0v) is 17.9. The van der Waals surface area contributed by atoms with Crippen LogP contribution in [-0.4, -0.2) is 9.55 Å². The standard InChI is InChI=1S/C27H26N2O/c1-17(2)20-10-12-23-22(16-20)25-24(30-23)13-11-21(18(3)4)26(25)29-15-14-28-27(29)19-8-6-5-7-9-19/h5-18H,1-4H3. The monoisotopic (exact) mass is 394 g/mol. The molecule has 0 amide bonds. The molecule has 2 aromatic heterocycles. The average Bonchev–Trinajstić information content (AvgIpc) is 3.37. The first-order valence-corrected chi connectivity index (χ1v) is 10.6. The smallest absolute Gasteiger partial charge is 0.144 e. The van der Waals surface area contributed by atoms with E-state index < -0.39 is 0 Å². The first-order chi connectivity index (χ1) is 14.5. The largest absolute Gasteiger partial charge is 0.456 e. The zero-order chi connectivity index (χ0) is 20.8. The number of rotatable bonds is 4. The number of hydrogen-bond acceptors (Lipinski definition) is 2. The molecule has 30 heavy (non-hydrogen) atoms. The van der Waals surface area contributed by atoms with Crippen LogP contribution in [0.1, 0.15) is 50.7 Å². The van der Waals surface area contributed by atoms with Crippen molar-refractivity contribution in [2.75, 3.05) is 0 Å². The Morgan fingerprint density at radius 2 is 1.60 bits per heavy atom. The van der Waals surface area contributed by atoms with Gasteiger partial charge in [-0.2, -0.15) is 0 Å². The van der Waals surface area contributed by atoms with Crippen LogP contribution in [0.3, 0.4) is 0 Å². The Morgan fingerprint density at radius 1 is 0.833 bits per heavy atom. The summed E-state index contributed by atoms with van der Waals surface area (Å²) in [6, 6.07) is 21.2. The Labute approximate surface area is 177 Å². The number of benzene rings is 3. The Balaban J connectivity index is 1.89. The molecule has 0 radical (unpaired) electrons. The van der Waals surface area contributed by atoms with Gasteiger partial charge >= 0.3 is 0 Å². The van der Waals surface area contributed by atoms with Crippen molar-refractivity contribution in [1.82, 2.24) is 9.55 Å². The van der Waals surface area contributed by atoms with Crippen LogP contribution in [0.15, 0.2) is 77.5 Å². The minimum absolute atomic E-state index is 0.369. The van der Waals surface area contributed by atoms with Gasteiger partial charge in [0.2, 0.25) is 0 Å². The second-order valence-electron chi connectivity index (χ2n) is 8.53. The lowest BCUT2D eigenvalue weighted by Gasteiger charge is -2.17. The van der Waals surface area contributed by atoms with Crippen molar-refractivity contribution in [3.05, 3.63) is 84.2 Å². The Kier molecular flexibility index (Phi) is 4.47. The fraction of sp³-hybridized carbons (Fsp3) is 0.222. The van der Waals surface area contributed by atoms with Gasteiger partial charge in [-0.05, 0) is 41.2 Å². The molecule has 0 aliphatic rings. The quantitative estimate of drug-likeness (QED) is 0.313. The summed E-state index contributed by atoms with van der Waals surface area (Å²) >= 11 is 0. The van der Waals surface area contributed by atoms with Gasteiger partial charge in [0.05, 0.1) is 11.1 Å². The van der Waals surface area contributed by atoms with Gasteiger partial charge in [-0.1, -0.05) is 70.2 Å². The summed E-state index contributed by atoms with van der Waals surface area (Å²) in [6.45, 7) is 8.94. The van der Waals surface area contributed by atoms with E-state index in [0.717, 1.165) is 27.9 Å². The summed E-state index contributed by atoms with van der Waals surface area (Å²) in [4.78, 5) is 4.71. The van der Waals surface area contributed by atoms with E-state index in [1.54, 1.807) is 0 Å². The molecule has 5 aromatic rings. The predicted molar refractivity (Wildman–Crippen MR) is 124 cm³/mol. The van der Waals surface area contributed by atoms with E-state index in [9.17, 15) is 0 Å². The van der Waals surface area contributed by atoms with Crippen LogP contribution in [0.4, 0.5) is 0 Å². The number of aromatic nitrogens is 2. The molecule has 0 aliphatic carbocycles. The van der Waals surface area contributed by atoms with Crippen molar-refractivity contribution in [3.8, 4) is 17.1 Å². The number of imidazole rings is 1. The summed E-state index contributed by atoms with van der Waals surface area (Å²) in [6.07, 6.45) is 3.95. The van der Waals surface area contributed by atoms with Crippen molar-refractivity contribution < 1.29 is 4.42 Å². The number of nitrogens with zero attached hydrogens (tertiary/aromatic N) is 2. The van der Waals surface area contributed by atoms with Crippen molar-refractivity contribution in [2.45, 2.75) is 39.5 Å². The Bertz CT molecular complexity index is 1340. The molecule has 3 nitrogen and oxygen atoms in total. The lowest BCUT2D eigenvalue weighted by molar-refractivity contribution is 0.668. The van der Waals surface area contributed by atoms with Crippen molar-refractivity contribution in [3.63, 3.8) is 0 Å². The maximum absolute atomic E-state index is 6.27. The average molecular weight is 395 g/mol. The number of hydrogen-bond donors (Lipinski definition) is 0. The van der Waals surface area contributed by atoms with Gasteiger partial charge < -0.3 is 4.42 Å². The van der Waals surface area contributed by atoms with Crippen LogP contribution in [0.25, 0.3) is 39.0 Å². The third kappa shape index (κ3) is 2.93. The highest BCUT2D eigenvalue weighted by atomic mass is 16.3. The fourth-order valence-corrected chi connectivity index (χ4v) is 4.25. The van der Waals surface area contributed by atoms with Crippen LogP contribution in [0.5, 0.6) is 0 Å². The molecular formula is C27H26N2O. The first kappa shape index (κ1) is 18.7. The molecule has 0 spiro atoms. The van der Waals surface area contributed by atoms with Gasteiger partial charge in [0.1, 0.15) is 17.0 Å². The zero-order valence-electron chi connectivity index (χ0n) is 17.9. The number of furan rings is 1. The van der Waals surface area contributed by atoms with Gasteiger partial charge in [-0.15, -0.1) is 0 Å². The summed E-state index contributed by atoms with van der Waals surface area (Å²) in [5.41, 5.74) is 6.72. The lowest BCUT2D eigenvalue weighted by Crippen LogP contribution is -2.03. The predicted octanol–water partition coefficient (Wildman–Crippen LogP) is 7.69. The molecule has 150 valence electrons. The third-order valence-electron chi connectivity index (χ3n) is 5.87. The Hall–Kier alpha value is -3.33. The second-order valence-corrected chi connectivity index (χ2v) is 8.53. The molecule has 0 fully saturated rings. The van der Waals surface area contributed by atoms with Crippen LogP contribution < -0.4 is 0 Å². The van der Waals surface area contributed by atoms with Gasteiger partial charge in [0.15, 0.2) is 0 Å². The minimum atomic E-state index is 0.369. The summed E-state index contributed by atoms with van der Waals surface area (Å²) in [5, 5.41) is 2.33. The summed E-state index contributed by atoms with van der Waals surface area (Å²) in [7, 11) is 0. The SMILES string of the molecule is CC(C)c1ccc2oc3ccc(C(C)C)c(-n4ccnc4-c4ccccc4)c3c2c1. The molecule has 0 N–H and O–H groups in total. The normalized spacial score (nSPS) is 11.9. The highest BCUT2D eigenvalue weighted by molar-refractivity contribution is 6.10. The van der Waals surface area contributed by atoms with Gasteiger partial charge in [-0.3, -0.25) is 4.57 Å². The molecule has 0 atom stereocenters. The number of fused-ring (bicyclic) bond motifs is 3. The molecular weight excluding hydrogens is 368 g/mol. The lowest BCUT2D eigenvalue weighted by atomic mass is 9.95. The molecule has 0 unspecified atom stereocenters. The summed E-state index contributed by atoms with van der Waals surface area (Å²) < 4.78 is 8.50. The molecule has 2 heterocycles. The van der Waals surface area contributed by atoms with Crippen LogP contribution in [-0.2, 0) is 0 Å². The van der Waals surface area contributed by atoms with Crippen LogP contribution >= 0.6 is 0 Å². The van der Waals surface area contributed by atoms with E-state index >= 15 is 0 Å². The van der Waals surface area contributed by atoms with E-state index in [-0.39, 0.29) is 0 Å². The highest BCUT2D eigenvalue weighted by Crippen LogP contribution is 2.40. The van der Waals surface area contributed by atoms with E-state index in [1.165, 1.54) is 22.2 Å². The molecule has 0 bridgehead atoms.